The van der Waals surface area contributed by atoms with E-state index in [-0.39, 0.29) is 30.2 Å². The van der Waals surface area contributed by atoms with Crippen molar-refractivity contribution in [1.82, 2.24) is 5.32 Å². The van der Waals surface area contributed by atoms with Crippen LogP contribution in [0.4, 0.5) is 5.69 Å². The summed E-state index contributed by atoms with van der Waals surface area (Å²) in [5.41, 5.74) is 1.45. The number of hydrogen-bond donors (Lipinski definition) is 2. The number of anilines is 1. The first kappa shape index (κ1) is 23.3. The molecule has 29 heavy (non-hydrogen) atoms. The van der Waals surface area contributed by atoms with Gasteiger partial charge in [-0.15, -0.1) is 11.6 Å². The van der Waals surface area contributed by atoms with Crippen molar-refractivity contribution in [1.29, 1.82) is 0 Å². The van der Waals surface area contributed by atoms with E-state index >= 15 is 0 Å². The molecule has 0 aliphatic carbocycles. The number of benzene rings is 1. The fraction of sp³-hybridized carbons (Fsp3) is 0.571. The quantitative estimate of drug-likeness (QED) is 0.288. The number of halogens is 1. The first-order chi connectivity index (χ1) is 14.1. The highest BCUT2D eigenvalue weighted by atomic mass is 35.5. The predicted molar refractivity (Wildman–Crippen MR) is 111 cm³/mol. The topological polar surface area (TPSA) is 93.7 Å². The molecule has 3 amide bonds. The van der Waals surface area contributed by atoms with Crippen LogP contribution in [0.5, 0.6) is 0 Å². The van der Waals surface area contributed by atoms with E-state index in [1.54, 1.807) is 24.3 Å². The summed E-state index contributed by atoms with van der Waals surface area (Å²) in [4.78, 5) is 35.1. The van der Waals surface area contributed by atoms with Crippen molar-refractivity contribution < 1.29 is 23.9 Å². The number of alkyl halides is 1. The van der Waals surface area contributed by atoms with Gasteiger partial charge in [-0.3, -0.25) is 19.7 Å². The van der Waals surface area contributed by atoms with E-state index in [1.807, 2.05) is 0 Å². The lowest BCUT2D eigenvalue weighted by atomic mass is 9.90. The normalized spacial score (nSPS) is 16.5. The van der Waals surface area contributed by atoms with Gasteiger partial charge in [0.15, 0.2) is 0 Å². The summed E-state index contributed by atoms with van der Waals surface area (Å²) in [7, 11) is 0. The first-order valence-corrected chi connectivity index (χ1v) is 10.6. The third kappa shape index (κ3) is 8.94. The molecule has 0 saturated carbocycles. The number of unbranched alkanes of at least 4 members (excludes halogenated alkanes) is 3. The minimum absolute atomic E-state index is 0.0476. The van der Waals surface area contributed by atoms with E-state index < -0.39 is 0 Å². The second-order valence-corrected chi connectivity index (χ2v) is 7.32. The van der Waals surface area contributed by atoms with Crippen molar-refractivity contribution in [3.05, 3.63) is 29.8 Å². The maximum atomic E-state index is 11.9. The molecular formula is C21H29ClN2O5. The van der Waals surface area contributed by atoms with Crippen LogP contribution in [-0.4, -0.2) is 50.0 Å². The van der Waals surface area contributed by atoms with Gasteiger partial charge in [0.1, 0.15) is 6.61 Å². The third-order valence-electron chi connectivity index (χ3n) is 4.61. The number of nitrogens with one attached hydrogen (secondary N) is 2. The van der Waals surface area contributed by atoms with E-state index in [9.17, 15) is 14.4 Å². The molecule has 8 heteroatoms. The molecule has 2 N–H and O–H groups in total. The molecule has 0 radical (unpaired) electrons. The van der Waals surface area contributed by atoms with Crippen LogP contribution >= 0.6 is 11.6 Å². The molecule has 1 saturated heterocycles. The Bertz CT molecular complexity index is 666. The largest absolute Gasteiger partial charge is 0.379 e. The highest BCUT2D eigenvalue weighted by Crippen LogP contribution is 2.25. The Balaban J connectivity index is 1.58. The number of carbonyl (C=O) groups is 3. The van der Waals surface area contributed by atoms with Crippen LogP contribution in [0.15, 0.2) is 24.3 Å². The predicted octanol–water partition coefficient (Wildman–Crippen LogP) is 2.98. The van der Waals surface area contributed by atoms with Gasteiger partial charge in [0.2, 0.25) is 17.7 Å². The van der Waals surface area contributed by atoms with Gasteiger partial charge in [0, 0.05) is 24.6 Å². The van der Waals surface area contributed by atoms with Gasteiger partial charge in [-0.25, -0.2) is 0 Å². The van der Waals surface area contributed by atoms with Crippen LogP contribution in [0.1, 0.15) is 50.0 Å². The summed E-state index contributed by atoms with van der Waals surface area (Å²) >= 11 is 5.62. The number of amides is 3. The molecule has 1 aromatic carbocycles. The molecule has 1 aliphatic heterocycles. The fourth-order valence-electron chi connectivity index (χ4n) is 3.04. The van der Waals surface area contributed by atoms with E-state index in [1.165, 1.54) is 0 Å². The fourth-order valence-corrected chi connectivity index (χ4v) is 3.23. The third-order valence-corrected chi connectivity index (χ3v) is 4.88. The van der Waals surface area contributed by atoms with E-state index in [4.69, 9.17) is 21.1 Å². The van der Waals surface area contributed by atoms with E-state index in [2.05, 4.69) is 10.6 Å². The van der Waals surface area contributed by atoms with Crippen molar-refractivity contribution in [3.8, 4) is 0 Å². The van der Waals surface area contributed by atoms with E-state index in [0.29, 0.717) is 44.2 Å². The Morgan fingerprint density at radius 2 is 1.76 bits per heavy atom. The number of imide groups is 1. The molecule has 0 bridgehead atoms. The zero-order valence-corrected chi connectivity index (χ0v) is 17.3. The lowest BCUT2D eigenvalue weighted by Gasteiger charge is -2.21. The Labute approximate surface area is 176 Å². The molecule has 1 aliphatic rings. The Kier molecular flexibility index (Phi) is 10.7. The number of hydrogen-bond acceptors (Lipinski definition) is 5. The highest BCUT2D eigenvalue weighted by molar-refractivity contribution is 6.17. The molecule has 1 atom stereocenters. The van der Waals surface area contributed by atoms with Crippen LogP contribution < -0.4 is 10.6 Å². The molecule has 7 nitrogen and oxygen atoms in total. The van der Waals surface area contributed by atoms with Crippen LogP contribution in [0.2, 0.25) is 0 Å². The summed E-state index contributed by atoms with van der Waals surface area (Å²) in [6.07, 6.45) is 5.12. The maximum Gasteiger partial charge on any atom is 0.250 e. The van der Waals surface area contributed by atoms with Crippen LogP contribution in [0, 0.1) is 0 Å². The van der Waals surface area contributed by atoms with Crippen LogP contribution in [-0.2, 0) is 23.9 Å². The lowest BCUT2D eigenvalue weighted by Crippen LogP contribution is -2.39. The minimum Gasteiger partial charge on any atom is -0.379 e. The minimum atomic E-state index is -0.332. The monoisotopic (exact) mass is 424 g/mol. The number of carbonyl (C=O) groups excluding carboxylic acids is 3. The highest BCUT2D eigenvalue weighted by Gasteiger charge is 2.27. The summed E-state index contributed by atoms with van der Waals surface area (Å²) in [6.45, 7) is 1.47. The Morgan fingerprint density at radius 1 is 1.03 bits per heavy atom. The summed E-state index contributed by atoms with van der Waals surface area (Å²) in [5.74, 6) is -0.381. The molecule has 0 aromatic heterocycles. The van der Waals surface area contributed by atoms with Crippen molar-refractivity contribution in [2.75, 3.05) is 37.6 Å². The molecule has 1 unspecified atom stereocenters. The van der Waals surface area contributed by atoms with Gasteiger partial charge in [-0.05, 0) is 37.0 Å². The Morgan fingerprint density at radius 3 is 2.48 bits per heavy atom. The molecule has 2 rings (SSSR count). The number of rotatable bonds is 13. The second kappa shape index (κ2) is 13.3. The van der Waals surface area contributed by atoms with Gasteiger partial charge < -0.3 is 14.8 Å². The summed E-state index contributed by atoms with van der Waals surface area (Å²) in [5, 5.41) is 5.10. The average molecular weight is 425 g/mol. The van der Waals surface area contributed by atoms with E-state index in [0.717, 1.165) is 31.2 Å². The van der Waals surface area contributed by atoms with Gasteiger partial charge in [-0.1, -0.05) is 25.0 Å². The molecule has 1 aromatic rings. The maximum absolute atomic E-state index is 11.9. The zero-order chi connectivity index (χ0) is 20.9. The molecule has 1 fully saturated rings. The summed E-state index contributed by atoms with van der Waals surface area (Å²) < 4.78 is 10.8. The standard InChI is InChI=1S/C21H29ClN2O5/c22-11-3-1-2-4-12-28-13-14-29-15-20(26)23-17-7-5-16(6-8-17)18-9-10-19(25)24-21(18)27/h5-8,18H,1-4,9-15H2,(H,23,26)(H,24,25,27). The Hall–Kier alpha value is -1.96. The van der Waals surface area contributed by atoms with Crippen molar-refractivity contribution in [2.24, 2.45) is 0 Å². The summed E-state index contributed by atoms with van der Waals surface area (Å²) in [6, 6.07) is 7.06. The van der Waals surface area contributed by atoms with Gasteiger partial charge in [0.05, 0.1) is 19.1 Å². The van der Waals surface area contributed by atoms with Crippen LogP contribution in [0.3, 0.4) is 0 Å². The average Bonchev–Trinajstić information content (AvgIpc) is 2.70. The van der Waals surface area contributed by atoms with Crippen molar-refractivity contribution in [3.63, 3.8) is 0 Å². The lowest BCUT2D eigenvalue weighted by molar-refractivity contribution is -0.134. The van der Waals surface area contributed by atoms with Crippen molar-refractivity contribution >= 4 is 35.0 Å². The molecule has 1 heterocycles. The molecule has 0 spiro atoms. The van der Waals surface area contributed by atoms with Gasteiger partial charge in [0.25, 0.3) is 0 Å². The first-order valence-electron chi connectivity index (χ1n) is 10.0. The smallest absolute Gasteiger partial charge is 0.250 e. The second-order valence-electron chi connectivity index (χ2n) is 6.94. The SMILES string of the molecule is O=C1CCC(c2ccc(NC(=O)COCCOCCCCCCCl)cc2)C(=O)N1. The van der Waals surface area contributed by atoms with Gasteiger partial charge >= 0.3 is 0 Å². The van der Waals surface area contributed by atoms with Crippen LogP contribution in [0.25, 0.3) is 0 Å². The van der Waals surface area contributed by atoms with Crippen molar-refractivity contribution in [2.45, 2.75) is 44.4 Å². The van der Waals surface area contributed by atoms with Gasteiger partial charge in [-0.2, -0.15) is 0 Å². The molecular weight excluding hydrogens is 396 g/mol. The number of ether oxygens (including phenoxy) is 2. The molecule has 160 valence electrons. The number of piperidine rings is 1. The zero-order valence-electron chi connectivity index (χ0n) is 16.6.